The average Bonchev–Trinajstić information content (AvgIpc) is 3.19. The second-order valence-electron chi connectivity index (χ2n) is 8.12. The van der Waals surface area contributed by atoms with Crippen LogP contribution >= 0.6 is 23.2 Å². The number of hydrogen-bond acceptors (Lipinski definition) is 7. The molecule has 2 fully saturated rings. The zero-order valence-electron chi connectivity index (χ0n) is 17.9. The number of piperazine rings is 1. The van der Waals surface area contributed by atoms with E-state index in [0.29, 0.717) is 35.1 Å². The summed E-state index contributed by atoms with van der Waals surface area (Å²) in [6.07, 6.45) is 1.68. The number of rotatable bonds is 7. The summed E-state index contributed by atoms with van der Waals surface area (Å²) >= 11 is 12.0. The molecule has 0 aromatic heterocycles. The van der Waals surface area contributed by atoms with E-state index in [4.69, 9.17) is 23.2 Å². The Morgan fingerprint density at radius 1 is 1.09 bits per heavy atom. The van der Waals surface area contributed by atoms with Crippen LogP contribution in [0.3, 0.4) is 0 Å². The fraction of sp³-hybridized carbons (Fsp3) is 0.632. The van der Waals surface area contributed by atoms with Gasteiger partial charge in [0, 0.05) is 32.7 Å². The van der Waals surface area contributed by atoms with E-state index < -0.39 is 31.4 Å². The van der Waals surface area contributed by atoms with E-state index >= 15 is 0 Å². The minimum absolute atomic E-state index is 0.104. The monoisotopic (exact) mass is 527 g/mol. The maximum Gasteiger partial charge on any atom is 0.271 e. The maximum absolute atomic E-state index is 13.1. The lowest BCUT2D eigenvalue weighted by Gasteiger charge is -2.42. The average molecular weight is 528 g/mol. The maximum atomic E-state index is 13.1. The van der Waals surface area contributed by atoms with E-state index in [0.717, 1.165) is 13.4 Å². The normalized spacial score (nSPS) is 23.6. The van der Waals surface area contributed by atoms with Crippen molar-refractivity contribution in [2.75, 3.05) is 52.6 Å². The van der Waals surface area contributed by atoms with Gasteiger partial charge in [0.05, 0.1) is 35.9 Å². The van der Waals surface area contributed by atoms with E-state index in [9.17, 15) is 21.6 Å². The highest BCUT2D eigenvalue weighted by atomic mass is 35.5. The molecule has 0 bridgehead atoms. The van der Waals surface area contributed by atoms with Crippen molar-refractivity contribution in [2.45, 2.75) is 24.1 Å². The van der Waals surface area contributed by atoms with Gasteiger partial charge in [-0.15, -0.1) is 0 Å². The highest BCUT2D eigenvalue weighted by Crippen LogP contribution is 2.25. The van der Waals surface area contributed by atoms with Gasteiger partial charge in [0.1, 0.15) is 5.25 Å². The van der Waals surface area contributed by atoms with Crippen LogP contribution in [0.1, 0.15) is 12.0 Å². The molecule has 0 spiro atoms. The first-order valence-corrected chi connectivity index (χ1v) is 14.2. The summed E-state index contributed by atoms with van der Waals surface area (Å²) in [7, 11) is -5.91. The van der Waals surface area contributed by atoms with Crippen LogP contribution in [0, 0.1) is 0 Å². The third-order valence-corrected chi connectivity index (χ3v) is 9.59. The first kappa shape index (κ1) is 25.7. The number of halogens is 2. The van der Waals surface area contributed by atoms with Crippen LogP contribution in [0.4, 0.5) is 0 Å². The molecule has 9 nitrogen and oxygen atoms in total. The van der Waals surface area contributed by atoms with E-state index in [1.165, 1.54) is 4.31 Å². The molecule has 32 heavy (non-hydrogen) atoms. The van der Waals surface area contributed by atoms with Gasteiger partial charge in [-0.05, 0) is 30.7 Å². The third kappa shape index (κ3) is 6.13. The molecule has 2 heterocycles. The Morgan fingerprint density at radius 3 is 2.44 bits per heavy atom. The Morgan fingerprint density at radius 2 is 1.81 bits per heavy atom. The minimum atomic E-state index is -3.64. The van der Waals surface area contributed by atoms with Gasteiger partial charge < -0.3 is 4.90 Å². The van der Waals surface area contributed by atoms with E-state index in [1.54, 1.807) is 23.1 Å². The molecule has 2 aliphatic heterocycles. The molecule has 3 rings (SSSR count). The predicted molar refractivity (Wildman–Crippen MR) is 123 cm³/mol. The lowest BCUT2D eigenvalue weighted by atomic mass is 10.1. The highest BCUT2D eigenvalue weighted by molar-refractivity contribution is 7.88. The summed E-state index contributed by atoms with van der Waals surface area (Å²) in [4.78, 5) is 16.7. The van der Waals surface area contributed by atoms with Crippen molar-refractivity contribution in [2.24, 2.45) is 0 Å². The number of nitrogens with zero attached hydrogens (tertiary/aromatic N) is 3. The molecule has 0 saturated carbocycles. The lowest BCUT2D eigenvalue weighted by molar-refractivity contribution is -0.135. The molecule has 0 N–H and O–H groups in total. The Kier molecular flexibility index (Phi) is 8.12. The van der Waals surface area contributed by atoms with Crippen molar-refractivity contribution in [1.82, 2.24) is 14.1 Å². The van der Waals surface area contributed by atoms with Gasteiger partial charge in [0.2, 0.25) is 15.9 Å². The molecular formula is C19H27Cl2N3O6S2. The van der Waals surface area contributed by atoms with Gasteiger partial charge in [-0.1, -0.05) is 29.3 Å². The summed E-state index contributed by atoms with van der Waals surface area (Å²) in [5.41, 5.74) is 0.709. The number of sulfonamides is 1. The first-order valence-electron chi connectivity index (χ1n) is 10.1. The topological polar surface area (TPSA) is 104 Å². The third-order valence-electron chi connectivity index (χ3n) is 5.91. The van der Waals surface area contributed by atoms with E-state index in [-0.39, 0.29) is 38.5 Å². The number of carbonyl (C=O) groups is 1. The van der Waals surface area contributed by atoms with Crippen LogP contribution < -0.4 is 0 Å². The zero-order valence-corrected chi connectivity index (χ0v) is 21.1. The second-order valence-corrected chi connectivity index (χ2v) is 12.9. The second kappa shape index (κ2) is 10.1. The number of benzene rings is 1. The summed E-state index contributed by atoms with van der Waals surface area (Å²) in [6.45, 7) is 1.80. The highest BCUT2D eigenvalue weighted by Gasteiger charge is 2.38. The summed E-state index contributed by atoms with van der Waals surface area (Å²) < 4.78 is 54.3. The van der Waals surface area contributed by atoms with Gasteiger partial charge in [0.25, 0.3) is 10.1 Å². The number of likely N-dealkylation sites (tertiary alicyclic amines) is 1. The van der Waals surface area contributed by atoms with Crippen molar-refractivity contribution in [1.29, 1.82) is 0 Å². The molecule has 2 atom stereocenters. The van der Waals surface area contributed by atoms with Crippen LogP contribution in [0.5, 0.6) is 0 Å². The van der Waals surface area contributed by atoms with Crippen LogP contribution in [0.25, 0.3) is 0 Å². The van der Waals surface area contributed by atoms with E-state index in [1.807, 2.05) is 4.90 Å². The summed E-state index contributed by atoms with van der Waals surface area (Å²) in [5, 5.41) is 0.123. The van der Waals surface area contributed by atoms with Gasteiger partial charge in [0.15, 0.2) is 0 Å². The van der Waals surface area contributed by atoms with Gasteiger partial charge in [-0.3, -0.25) is 13.9 Å². The summed E-state index contributed by atoms with van der Waals surface area (Å²) in [5.74, 6) is -0.151. The molecule has 13 heteroatoms. The zero-order chi connectivity index (χ0) is 23.7. The van der Waals surface area contributed by atoms with E-state index in [2.05, 4.69) is 4.18 Å². The largest absolute Gasteiger partial charge is 0.335 e. The Hall–Kier alpha value is -0.950. The molecule has 1 aromatic rings. The Bertz CT molecular complexity index is 1070. The van der Waals surface area contributed by atoms with Crippen LogP contribution in [-0.4, -0.2) is 101 Å². The standard InChI is InChI=1S/C19H27Cl2N3O6S2/c1-30-32(28,29)16-5-6-22(13-16)11-15-12-23(31(2,26)27)7-8-24(15)19(25)10-14-3-4-17(20)18(21)9-14/h3-4,9,15-16H,5-8,10-13H2,1-2H3. The Balaban J connectivity index is 1.74. The van der Waals surface area contributed by atoms with Gasteiger partial charge in [-0.2, -0.15) is 12.7 Å². The fourth-order valence-electron chi connectivity index (χ4n) is 4.17. The van der Waals surface area contributed by atoms with Gasteiger partial charge in [-0.25, -0.2) is 8.42 Å². The van der Waals surface area contributed by atoms with Crippen molar-refractivity contribution < 1.29 is 25.8 Å². The molecule has 1 aromatic carbocycles. The lowest BCUT2D eigenvalue weighted by Crippen LogP contribution is -2.59. The number of carbonyl (C=O) groups excluding carboxylic acids is 1. The van der Waals surface area contributed by atoms with Gasteiger partial charge >= 0.3 is 0 Å². The fourth-order valence-corrected chi connectivity index (χ4v) is 6.41. The molecule has 2 aliphatic rings. The number of amides is 1. The van der Waals surface area contributed by atoms with Crippen LogP contribution in [0.15, 0.2) is 18.2 Å². The predicted octanol–water partition coefficient (Wildman–Crippen LogP) is 1.06. The molecule has 0 aliphatic carbocycles. The SMILES string of the molecule is COS(=O)(=O)C1CCN(CC2CN(S(C)(=O)=O)CCN2C(=O)Cc2ccc(Cl)c(Cl)c2)C1. The smallest absolute Gasteiger partial charge is 0.271 e. The van der Waals surface area contributed by atoms with Crippen molar-refractivity contribution >= 4 is 49.3 Å². The first-order chi connectivity index (χ1) is 14.9. The molecule has 2 unspecified atom stereocenters. The molecule has 0 radical (unpaired) electrons. The van der Waals surface area contributed by atoms with Crippen molar-refractivity contribution in [3.05, 3.63) is 33.8 Å². The van der Waals surface area contributed by atoms with Crippen LogP contribution in [0.2, 0.25) is 10.0 Å². The van der Waals surface area contributed by atoms with Crippen LogP contribution in [-0.2, 0) is 35.5 Å². The quantitative estimate of drug-likeness (QED) is 0.488. The Labute approximate surface area is 199 Å². The summed E-state index contributed by atoms with van der Waals surface area (Å²) in [6, 6.07) is 4.60. The molecule has 1 amide bonds. The molecule has 2 saturated heterocycles. The number of hydrogen-bond donors (Lipinski definition) is 0. The van der Waals surface area contributed by atoms with Crippen molar-refractivity contribution in [3.8, 4) is 0 Å². The van der Waals surface area contributed by atoms with Crippen molar-refractivity contribution in [3.63, 3.8) is 0 Å². The molecular weight excluding hydrogens is 501 g/mol. The minimum Gasteiger partial charge on any atom is -0.335 e. The molecule has 180 valence electrons.